The summed E-state index contributed by atoms with van der Waals surface area (Å²) in [6.07, 6.45) is 0.644. The Morgan fingerprint density at radius 1 is 1.12 bits per heavy atom. The normalized spacial score (nSPS) is 16.1. The number of ether oxygens (including phenoxy) is 2. The Bertz CT molecular complexity index is 1040. The minimum absolute atomic E-state index is 0.0389. The molecule has 0 bridgehead atoms. The number of esters is 1. The molecule has 1 aromatic heterocycles. The molecule has 3 rings (SSSR count). The van der Waals surface area contributed by atoms with Gasteiger partial charge in [-0.1, -0.05) is 0 Å². The fourth-order valence-electron chi connectivity index (χ4n) is 4.13. The Balaban J connectivity index is 1.82. The van der Waals surface area contributed by atoms with Crippen LogP contribution in [0, 0.1) is 0 Å². The molecule has 1 aromatic carbocycles. The van der Waals surface area contributed by atoms with Gasteiger partial charge in [-0.05, 0) is 77.8 Å². The van der Waals surface area contributed by atoms with E-state index in [-0.39, 0.29) is 36.0 Å². The van der Waals surface area contributed by atoms with E-state index in [4.69, 9.17) is 9.47 Å². The topological polar surface area (TPSA) is 93.7 Å². The molecule has 0 atom stereocenters. The number of carbonyl (C=O) groups is 3. The molecule has 172 valence electrons. The number of thiophene rings is 1. The third kappa shape index (κ3) is 5.19. The van der Waals surface area contributed by atoms with E-state index in [1.165, 1.54) is 18.3 Å². The van der Waals surface area contributed by atoms with Crippen LogP contribution in [-0.2, 0) is 21.5 Å². The minimum atomic E-state index is -0.436. The van der Waals surface area contributed by atoms with Gasteiger partial charge >= 0.3 is 5.97 Å². The van der Waals surface area contributed by atoms with Crippen LogP contribution in [0.25, 0.3) is 0 Å². The predicted molar refractivity (Wildman–Crippen MR) is 125 cm³/mol. The lowest BCUT2D eigenvalue weighted by Crippen LogP contribution is -2.55. The van der Waals surface area contributed by atoms with E-state index in [0.717, 1.165) is 10.4 Å². The molecule has 0 unspecified atom stereocenters. The number of benzene rings is 1. The number of hydrogen-bond donors (Lipinski definition) is 2. The van der Waals surface area contributed by atoms with Gasteiger partial charge in [0.2, 0.25) is 0 Å². The van der Waals surface area contributed by atoms with E-state index in [1.807, 2.05) is 0 Å². The number of fused-ring (bicyclic) bond motifs is 1. The van der Waals surface area contributed by atoms with Crippen LogP contribution in [0.3, 0.4) is 0 Å². The van der Waals surface area contributed by atoms with Gasteiger partial charge in [0.05, 0.1) is 12.2 Å². The van der Waals surface area contributed by atoms with Gasteiger partial charge in [0, 0.05) is 21.5 Å². The molecule has 0 spiro atoms. The molecule has 1 amide bonds. The van der Waals surface area contributed by atoms with Gasteiger partial charge in [-0.25, -0.2) is 4.79 Å². The number of Topliss-reactive ketones (excluding diaryl/α,β-unsaturated/α-hetero) is 1. The number of nitrogens with one attached hydrogen (secondary N) is 2. The van der Waals surface area contributed by atoms with Crippen molar-refractivity contribution in [2.45, 2.75) is 59.0 Å². The lowest BCUT2D eigenvalue weighted by molar-refractivity contribution is -0.118. The van der Waals surface area contributed by atoms with Crippen LogP contribution in [0.2, 0.25) is 0 Å². The first kappa shape index (κ1) is 23.9. The molecule has 0 saturated carbocycles. The van der Waals surface area contributed by atoms with Crippen LogP contribution >= 0.6 is 11.3 Å². The van der Waals surface area contributed by atoms with Crippen molar-refractivity contribution in [3.8, 4) is 5.75 Å². The van der Waals surface area contributed by atoms with Crippen LogP contribution in [0.15, 0.2) is 24.3 Å². The van der Waals surface area contributed by atoms with Crippen LogP contribution in [0.1, 0.15) is 72.7 Å². The third-order valence-electron chi connectivity index (χ3n) is 5.21. The fraction of sp³-hybridized carbons (Fsp3) is 0.458. The molecule has 1 aliphatic rings. The minimum Gasteiger partial charge on any atom is -0.484 e. The SMILES string of the molecule is CCOC(=O)c1c(NC(=O)COc2ccc(C(C)=O)cc2)sc2c1CC(C)(C)NC2(C)C. The zero-order valence-electron chi connectivity index (χ0n) is 19.4. The van der Waals surface area contributed by atoms with Gasteiger partial charge in [0.15, 0.2) is 12.4 Å². The maximum Gasteiger partial charge on any atom is 0.341 e. The molecule has 2 aromatic rings. The molecule has 32 heavy (non-hydrogen) atoms. The Morgan fingerprint density at radius 3 is 2.38 bits per heavy atom. The molecule has 0 saturated heterocycles. The van der Waals surface area contributed by atoms with E-state index >= 15 is 0 Å². The van der Waals surface area contributed by atoms with Gasteiger partial charge in [-0.15, -0.1) is 11.3 Å². The van der Waals surface area contributed by atoms with Crippen LogP contribution in [0.4, 0.5) is 5.00 Å². The second kappa shape index (κ2) is 9.03. The largest absolute Gasteiger partial charge is 0.484 e. The molecule has 2 N–H and O–H groups in total. The predicted octanol–water partition coefficient (Wildman–Crippen LogP) is 4.30. The summed E-state index contributed by atoms with van der Waals surface area (Å²) in [5, 5.41) is 6.93. The van der Waals surface area contributed by atoms with Gasteiger partial charge in [0.25, 0.3) is 5.91 Å². The zero-order chi connectivity index (χ0) is 23.7. The fourth-order valence-corrected chi connectivity index (χ4v) is 5.41. The number of carbonyl (C=O) groups excluding carboxylic acids is 3. The number of hydrogen-bond acceptors (Lipinski definition) is 7. The Labute approximate surface area is 192 Å². The molecule has 2 heterocycles. The van der Waals surface area contributed by atoms with Crippen molar-refractivity contribution in [3.63, 3.8) is 0 Å². The molecular weight excluding hydrogens is 428 g/mol. The molecule has 0 aliphatic carbocycles. The van der Waals surface area contributed by atoms with E-state index < -0.39 is 5.97 Å². The summed E-state index contributed by atoms with van der Waals surface area (Å²) in [7, 11) is 0. The Kier molecular flexibility index (Phi) is 6.76. The van der Waals surface area contributed by atoms with Crippen molar-refractivity contribution in [1.29, 1.82) is 0 Å². The molecule has 0 fully saturated rings. The van der Waals surface area contributed by atoms with Gasteiger partial charge in [0.1, 0.15) is 10.8 Å². The van der Waals surface area contributed by atoms with Crippen molar-refractivity contribution < 1.29 is 23.9 Å². The van der Waals surface area contributed by atoms with E-state index in [0.29, 0.717) is 28.3 Å². The molecule has 8 heteroatoms. The van der Waals surface area contributed by atoms with Gasteiger partial charge < -0.3 is 20.1 Å². The lowest BCUT2D eigenvalue weighted by Gasteiger charge is -2.42. The summed E-state index contributed by atoms with van der Waals surface area (Å²) >= 11 is 1.39. The average molecular weight is 459 g/mol. The standard InChI is InChI=1S/C24H30N2O5S/c1-7-30-22(29)19-17-12-23(3,4)26-24(5,6)20(17)32-21(19)25-18(28)13-31-16-10-8-15(9-11-16)14(2)27/h8-11,26H,7,12-13H2,1-6H3,(H,25,28). The highest BCUT2D eigenvalue weighted by molar-refractivity contribution is 7.17. The summed E-state index contributed by atoms with van der Waals surface area (Å²) in [5.41, 5.74) is 1.34. The molecule has 1 aliphatic heterocycles. The summed E-state index contributed by atoms with van der Waals surface area (Å²) in [6.45, 7) is 11.6. The first-order valence-electron chi connectivity index (χ1n) is 10.6. The van der Waals surface area contributed by atoms with Gasteiger partial charge in [-0.3, -0.25) is 9.59 Å². The monoisotopic (exact) mass is 458 g/mol. The van der Waals surface area contributed by atoms with Crippen LogP contribution < -0.4 is 15.4 Å². The number of rotatable bonds is 7. The van der Waals surface area contributed by atoms with Crippen molar-refractivity contribution in [2.24, 2.45) is 0 Å². The zero-order valence-corrected chi connectivity index (χ0v) is 20.2. The summed E-state index contributed by atoms with van der Waals surface area (Å²) < 4.78 is 10.9. The highest BCUT2D eigenvalue weighted by Gasteiger charge is 2.42. The quantitative estimate of drug-likeness (QED) is 0.475. The van der Waals surface area contributed by atoms with Crippen molar-refractivity contribution in [3.05, 3.63) is 45.8 Å². The number of amides is 1. The Morgan fingerprint density at radius 2 is 1.78 bits per heavy atom. The number of anilines is 1. The second-order valence-corrected chi connectivity index (χ2v) is 10.1. The van der Waals surface area contributed by atoms with Crippen molar-refractivity contribution >= 4 is 34.0 Å². The van der Waals surface area contributed by atoms with Crippen LogP contribution in [-0.4, -0.2) is 36.4 Å². The van der Waals surface area contributed by atoms with Crippen molar-refractivity contribution in [2.75, 3.05) is 18.5 Å². The smallest absolute Gasteiger partial charge is 0.341 e. The van der Waals surface area contributed by atoms with Crippen LogP contribution in [0.5, 0.6) is 5.75 Å². The van der Waals surface area contributed by atoms with Gasteiger partial charge in [-0.2, -0.15) is 0 Å². The van der Waals surface area contributed by atoms with E-state index in [1.54, 1.807) is 31.2 Å². The van der Waals surface area contributed by atoms with Crippen molar-refractivity contribution in [1.82, 2.24) is 5.32 Å². The second-order valence-electron chi connectivity index (χ2n) is 9.06. The average Bonchev–Trinajstić information content (AvgIpc) is 3.03. The molecule has 7 nitrogen and oxygen atoms in total. The lowest BCUT2D eigenvalue weighted by atomic mass is 9.81. The van der Waals surface area contributed by atoms with E-state index in [9.17, 15) is 14.4 Å². The first-order valence-corrected chi connectivity index (χ1v) is 11.4. The summed E-state index contributed by atoms with van der Waals surface area (Å²) in [4.78, 5) is 37.9. The summed E-state index contributed by atoms with van der Waals surface area (Å²) in [6, 6.07) is 6.60. The highest BCUT2D eigenvalue weighted by atomic mass is 32.1. The highest BCUT2D eigenvalue weighted by Crippen LogP contribution is 2.45. The Hall–Kier alpha value is -2.71. The molecular formula is C24H30N2O5S. The molecule has 0 radical (unpaired) electrons. The maximum absolute atomic E-state index is 12.8. The maximum atomic E-state index is 12.8. The first-order chi connectivity index (χ1) is 14.9. The number of ketones is 1. The van der Waals surface area contributed by atoms with E-state index in [2.05, 4.69) is 38.3 Å². The third-order valence-corrected chi connectivity index (χ3v) is 6.68. The summed E-state index contributed by atoms with van der Waals surface area (Å²) in [5.74, 6) is -0.374.